The third-order valence-electron chi connectivity index (χ3n) is 5.81. The Bertz CT molecular complexity index is 685. The molecule has 4 saturated heterocycles. The van der Waals surface area contributed by atoms with Gasteiger partial charge >= 0.3 is 0 Å². The lowest BCUT2D eigenvalue weighted by Crippen LogP contribution is -2.14. The van der Waals surface area contributed by atoms with E-state index >= 15 is 0 Å². The van der Waals surface area contributed by atoms with Gasteiger partial charge in [0.15, 0.2) is 0 Å². The monoisotopic (exact) mass is 374 g/mol. The molecule has 4 aliphatic rings. The molecule has 0 spiro atoms. The number of aromatic hydroxyl groups is 1. The van der Waals surface area contributed by atoms with Gasteiger partial charge in [-0.1, -0.05) is 0 Å². The van der Waals surface area contributed by atoms with Crippen molar-refractivity contribution in [1.82, 2.24) is 0 Å². The van der Waals surface area contributed by atoms with Crippen molar-refractivity contribution >= 4 is 0 Å². The summed E-state index contributed by atoms with van der Waals surface area (Å²) >= 11 is 0. The van der Waals surface area contributed by atoms with Crippen LogP contribution in [0.15, 0.2) is 13.2 Å². The predicted molar refractivity (Wildman–Crippen MR) is 102 cm³/mol. The Morgan fingerprint density at radius 2 is 1.15 bits per heavy atom. The van der Waals surface area contributed by atoms with Crippen LogP contribution < -0.4 is 0 Å². The lowest BCUT2D eigenvalue weighted by Gasteiger charge is -2.23. The van der Waals surface area contributed by atoms with Gasteiger partial charge in [0.2, 0.25) is 0 Å². The standard InChI is InChI=1S/C20H26O5.C2H4/c1-11-16(3-2-12-7-22-12)17(4-13-8-23-13)18(5-14-9-24-14)19(20(11)21)6-15-10-25-15;1-2/h12-15,21H,2-10H2,1H3;1-2H2. The molecule has 0 radical (unpaired) electrons. The highest BCUT2D eigenvalue weighted by atomic mass is 16.6. The quantitative estimate of drug-likeness (QED) is 0.532. The summed E-state index contributed by atoms with van der Waals surface area (Å²) in [4.78, 5) is 0. The van der Waals surface area contributed by atoms with E-state index < -0.39 is 0 Å². The SMILES string of the molecule is C=C.Cc1c(O)c(CC2CO2)c(CC2CO2)c(CC2CO2)c1CCC1CO1. The van der Waals surface area contributed by atoms with Crippen LogP contribution in [0.3, 0.4) is 0 Å². The van der Waals surface area contributed by atoms with E-state index in [2.05, 4.69) is 20.1 Å². The second-order valence-corrected chi connectivity index (χ2v) is 7.86. The molecule has 148 valence electrons. The fraction of sp³-hybridized carbons (Fsp3) is 0.636. The summed E-state index contributed by atoms with van der Waals surface area (Å²) in [6, 6.07) is 0. The molecule has 4 heterocycles. The Kier molecular flexibility index (Phi) is 5.55. The topological polar surface area (TPSA) is 70.3 Å². The third-order valence-corrected chi connectivity index (χ3v) is 5.81. The van der Waals surface area contributed by atoms with E-state index in [1.165, 1.54) is 16.7 Å². The summed E-state index contributed by atoms with van der Waals surface area (Å²) in [6.45, 7) is 11.4. The van der Waals surface area contributed by atoms with E-state index in [9.17, 15) is 5.11 Å². The van der Waals surface area contributed by atoms with Gasteiger partial charge in [-0.3, -0.25) is 0 Å². The van der Waals surface area contributed by atoms with Crippen LogP contribution in [-0.2, 0) is 44.6 Å². The molecule has 4 fully saturated rings. The molecule has 0 aromatic heterocycles. The smallest absolute Gasteiger partial charge is 0.122 e. The Morgan fingerprint density at radius 1 is 0.741 bits per heavy atom. The average Bonchev–Trinajstić information content (AvgIpc) is 3.49. The molecule has 0 saturated carbocycles. The largest absolute Gasteiger partial charge is 0.507 e. The van der Waals surface area contributed by atoms with Gasteiger partial charge in [0.1, 0.15) is 5.75 Å². The van der Waals surface area contributed by atoms with Crippen molar-refractivity contribution in [2.45, 2.75) is 63.4 Å². The Morgan fingerprint density at radius 3 is 1.59 bits per heavy atom. The summed E-state index contributed by atoms with van der Waals surface area (Å²) < 4.78 is 21.9. The van der Waals surface area contributed by atoms with E-state index in [-0.39, 0.29) is 6.10 Å². The van der Waals surface area contributed by atoms with Crippen molar-refractivity contribution in [3.8, 4) is 5.75 Å². The summed E-state index contributed by atoms with van der Waals surface area (Å²) in [7, 11) is 0. The van der Waals surface area contributed by atoms with Crippen LogP contribution in [0, 0.1) is 6.92 Å². The maximum Gasteiger partial charge on any atom is 0.122 e. The molecular formula is C22H30O5. The number of epoxide rings is 4. The number of phenolic OH excluding ortho intramolecular Hbond substituents is 1. The highest BCUT2D eigenvalue weighted by molar-refractivity contribution is 5.56. The van der Waals surface area contributed by atoms with Gasteiger partial charge in [0, 0.05) is 24.8 Å². The summed E-state index contributed by atoms with van der Waals surface area (Å²) in [6.07, 6.45) is 5.95. The van der Waals surface area contributed by atoms with Crippen LogP contribution in [0.1, 0.15) is 34.2 Å². The second kappa shape index (κ2) is 7.92. The van der Waals surface area contributed by atoms with Gasteiger partial charge in [0.05, 0.1) is 50.8 Å². The Hall–Kier alpha value is -1.40. The fourth-order valence-corrected chi connectivity index (χ4v) is 3.93. The molecule has 1 aromatic rings. The van der Waals surface area contributed by atoms with Crippen LogP contribution in [-0.4, -0.2) is 55.9 Å². The van der Waals surface area contributed by atoms with Crippen molar-refractivity contribution in [1.29, 1.82) is 0 Å². The Labute approximate surface area is 161 Å². The highest BCUT2D eigenvalue weighted by Crippen LogP contribution is 2.40. The number of ether oxygens (including phenoxy) is 4. The van der Waals surface area contributed by atoms with Gasteiger partial charge in [-0.25, -0.2) is 0 Å². The number of hydrogen-bond donors (Lipinski definition) is 1. The van der Waals surface area contributed by atoms with Gasteiger partial charge in [0.25, 0.3) is 0 Å². The number of hydrogen-bond acceptors (Lipinski definition) is 5. The zero-order valence-corrected chi connectivity index (χ0v) is 16.2. The number of benzene rings is 1. The van der Waals surface area contributed by atoms with E-state index in [1.807, 2.05) is 0 Å². The van der Waals surface area contributed by atoms with Crippen molar-refractivity contribution in [3.05, 3.63) is 41.0 Å². The first kappa shape index (κ1) is 18.9. The van der Waals surface area contributed by atoms with E-state index in [4.69, 9.17) is 18.9 Å². The average molecular weight is 374 g/mol. The van der Waals surface area contributed by atoms with Crippen LogP contribution in [0.5, 0.6) is 5.75 Å². The van der Waals surface area contributed by atoms with Crippen molar-refractivity contribution in [2.75, 3.05) is 26.4 Å². The number of rotatable bonds is 9. The number of phenols is 1. The summed E-state index contributed by atoms with van der Waals surface area (Å²) in [5.41, 5.74) is 6.11. The maximum absolute atomic E-state index is 11.0. The molecule has 27 heavy (non-hydrogen) atoms. The Balaban J connectivity index is 0.000000872. The van der Waals surface area contributed by atoms with Crippen LogP contribution in [0.25, 0.3) is 0 Å². The van der Waals surface area contributed by atoms with E-state index in [0.29, 0.717) is 24.1 Å². The molecule has 4 atom stereocenters. The minimum absolute atomic E-state index is 0.264. The van der Waals surface area contributed by atoms with Crippen molar-refractivity contribution < 1.29 is 24.1 Å². The molecule has 4 unspecified atom stereocenters. The molecule has 5 nitrogen and oxygen atoms in total. The molecule has 5 heteroatoms. The van der Waals surface area contributed by atoms with Crippen molar-refractivity contribution in [2.24, 2.45) is 0 Å². The maximum atomic E-state index is 11.0. The van der Waals surface area contributed by atoms with Crippen LogP contribution in [0.4, 0.5) is 0 Å². The molecule has 0 aliphatic carbocycles. The molecule has 1 N–H and O–H groups in total. The second-order valence-electron chi connectivity index (χ2n) is 7.86. The van der Waals surface area contributed by atoms with Gasteiger partial charge in [-0.15, -0.1) is 13.2 Å². The first-order valence-electron chi connectivity index (χ1n) is 10.0. The molecule has 0 amide bonds. The molecule has 5 rings (SSSR count). The fourth-order valence-electron chi connectivity index (χ4n) is 3.93. The van der Waals surface area contributed by atoms with E-state index in [0.717, 1.165) is 69.7 Å². The molecular weight excluding hydrogens is 344 g/mol. The summed E-state index contributed by atoms with van der Waals surface area (Å²) in [5, 5.41) is 11.0. The predicted octanol–water partition coefficient (Wildman–Crippen LogP) is 2.66. The van der Waals surface area contributed by atoms with Gasteiger partial charge in [-0.05, 0) is 42.0 Å². The van der Waals surface area contributed by atoms with Crippen molar-refractivity contribution in [3.63, 3.8) is 0 Å². The summed E-state index contributed by atoms with van der Waals surface area (Å²) in [5.74, 6) is 0.471. The molecule has 1 aromatic carbocycles. The lowest BCUT2D eigenvalue weighted by atomic mass is 9.83. The molecule has 0 bridgehead atoms. The zero-order chi connectivity index (χ0) is 19.0. The lowest BCUT2D eigenvalue weighted by molar-refractivity contribution is 0.389. The minimum atomic E-state index is 0.264. The minimum Gasteiger partial charge on any atom is -0.507 e. The first-order chi connectivity index (χ1) is 13.2. The van der Waals surface area contributed by atoms with Crippen LogP contribution >= 0.6 is 0 Å². The molecule has 4 aliphatic heterocycles. The van der Waals surface area contributed by atoms with Gasteiger partial charge < -0.3 is 24.1 Å². The highest BCUT2D eigenvalue weighted by Gasteiger charge is 2.35. The van der Waals surface area contributed by atoms with Gasteiger partial charge in [-0.2, -0.15) is 0 Å². The third kappa shape index (κ3) is 4.72. The first-order valence-corrected chi connectivity index (χ1v) is 10.0. The van der Waals surface area contributed by atoms with E-state index in [1.54, 1.807) is 0 Å². The zero-order valence-electron chi connectivity index (χ0n) is 16.2. The van der Waals surface area contributed by atoms with Crippen LogP contribution in [0.2, 0.25) is 0 Å². The normalized spacial score (nSPS) is 29.7.